The molecule has 0 radical (unpaired) electrons. The van der Waals surface area contributed by atoms with E-state index in [-0.39, 0.29) is 5.12 Å². The van der Waals surface area contributed by atoms with Crippen molar-refractivity contribution in [1.29, 1.82) is 0 Å². The van der Waals surface area contributed by atoms with Crippen LogP contribution in [0.5, 0.6) is 0 Å². The Morgan fingerprint density at radius 2 is 1.84 bits per heavy atom. The van der Waals surface area contributed by atoms with Crippen molar-refractivity contribution in [3.8, 4) is 0 Å². The zero-order chi connectivity index (χ0) is 13.1. The number of thioether (sulfide) groups is 1. The van der Waals surface area contributed by atoms with E-state index in [2.05, 4.69) is 4.90 Å². The van der Waals surface area contributed by atoms with Crippen molar-refractivity contribution in [1.82, 2.24) is 4.90 Å². The summed E-state index contributed by atoms with van der Waals surface area (Å²) in [5.41, 5.74) is 0.840. The third kappa shape index (κ3) is 3.21. The fourth-order valence-corrected chi connectivity index (χ4v) is 4.31. The van der Waals surface area contributed by atoms with E-state index >= 15 is 0 Å². The minimum atomic E-state index is 0.235. The van der Waals surface area contributed by atoms with E-state index in [1.807, 2.05) is 30.3 Å². The number of nitrogens with zero attached hydrogens (tertiary/aromatic N) is 1. The Morgan fingerprint density at radius 3 is 2.58 bits per heavy atom. The zero-order valence-corrected chi connectivity index (χ0v) is 12.1. The molecule has 19 heavy (non-hydrogen) atoms. The molecule has 1 aliphatic carbocycles. The SMILES string of the molecule is O=C(SC1CCN(C2CCCC2)C1)c1ccccc1. The molecule has 2 nitrogen and oxygen atoms in total. The van der Waals surface area contributed by atoms with Gasteiger partial charge in [-0.15, -0.1) is 0 Å². The summed E-state index contributed by atoms with van der Waals surface area (Å²) < 4.78 is 0. The molecule has 0 N–H and O–H groups in total. The van der Waals surface area contributed by atoms with Crippen molar-refractivity contribution in [3.63, 3.8) is 0 Å². The summed E-state index contributed by atoms with van der Waals surface area (Å²) in [7, 11) is 0. The molecule has 1 heterocycles. The van der Waals surface area contributed by atoms with Crippen LogP contribution in [-0.2, 0) is 0 Å². The van der Waals surface area contributed by atoms with E-state index in [0.29, 0.717) is 5.25 Å². The number of carbonyl (C=O) groups excluding carboxylic acids is 1. The Labute approximate surface area is 119 Å². The molecule has 2 fully saturated rings. The molecule has 1 aromatic carbocycles. The average molecular weight is 275 g/mol. The Kier molecular flexibility index (Phi) is 4.24. The van der Waals surface area contributed by atoms with Gasteiger partial charge in [-0.05, 0) is 25.8 Å². The molecule has 0 aromatic heterocycles. The highest BCUT2D eigenvalue weighted by Gasteiger charge is 2.31. The van der Waals surface area contributed by atoms with Crippen LogP contribution in [0, 0.1) is 0 Å². The minimum Gasteiger partial charge on any atom is -0.299 e. The van der Waals surface area contributed by atoms with Crippen LogP contribution in [0.1, 0.15) is 42.5 Å². The van der Waals surface area contributed by atoms with E-state index in [1.165, 1.54) is 38.6 Å². The van der Waals surface area contributed by atoms with Gasteiger partial charge in [0.25, 0.3) is 0 Å². The Bertz CT molecular complexity index is 428. The zero-order valence-electron chi connectivity index (χ0n) is 11.3. The Morgan fingerprint density at radius 1 is 1.11 bits per heavy atom. The first-order valence-electron chi connectivity index (χ1n) is 7.33. The van der Waals surface area contributed by atoms with Crippen molar-refractivity contribution in [2.75, 3.05) is 13.1 Å². The van der Waals surface area contributed by atoms with E-state index in [4.69, 9.17) is 0 Å². The monoisotopic (exact) mass is 275 g/mol. The molecule has 0 amide bonds. The molecule has 3 rings (SSSR count). The van der Waals surface area contributed by atoms with Crippen molar-refractivity contribution in [2.24, 2.45) is 0 Å². The molecule has 0 bridgehead atoms. The van der Waals surface area contributed by atoms with Crippen LogP contribution in [-0.4, -0.2) is 34.4 Å². The lowest BCUT2D eigenvalue weighted by Crippen LogP contribution is -2.31. The van der Waals surface area contributed by atoms with Gasteiger partial charge in [0.2, 0.25) is 5.12 Å². The molecule has 3 heteroatoms. The standard InChI is InChI=1S/C16H21NOS/c18-16(13-6-2-1-3-7-13)19-15-10-11-17(12-15)14-8-4-5-9-14/h1-3,6-7,14-15H,4-5,8-12H2. The number of carbonyl (C=O) groups is 1. The minimum absolute atomic E-state index is 0.235. The first-order valence-corrected chi connectivity index (χ1v) is 8.21. The quantitative estimate of drug-likeness (QED) is 0.841. The van der Waals surface area contributed by atoms with Crippen molar-refractivity contribution in [3.05, 3.63) is 35.9 Å². The van der Waals surface area contributed by atoms with Crippen molar-refractivity contribution >= 4 is 16.9 Å². The molecule has 1 atom stereocenters. The Hall–Kier alpha value is -0.800. The van der Waals surface area contributed by atoms with Crippen LogP contribution < -0.4 is 0 Å². The van der Waals surface area contributed by atoms with Crippen LogP contribution >= 0.6 is 11.8 Å². The number of rotatable bonds is 3. The summed E-state index contributed by atoms with van der Waals surface area (Å²) in [5, 5.41) is 0.729. The van der Waals surface area contributed by atoms with Gasteiger partial charge in [0.15, 0.2) is 0 Å². The van der Waals surface area contributed by atoms with Gasteiger partial charge in [-0.2, -0.15) is 0 Å². The molecular formula is C16H21NOS. The van der Waals surface area contributed by atoms with Gasteiger partial charge >= 0.3 is 0 Å². The first-order chi connectivity index (χ1) is 9.33. The van der Waals surface area contributed by atoms with Crippen LogP contribution in [0.25, 0.3) is 0 Å². The molecule has 102 valence electrons. The molecule has 1 saturated heterocycles. The lowest BCUT2D eigenvalue weighted by Gasteiger charge is -2.23. The summed E-state index contributed by atoms with van der Waals surface area (Å²) >= 11 is 1.54. The Balaban J connectivity index is 1.53. The van der Waals surface area contributed by atoms with Crippen LogP contribution in [0.3, 0.4) is 0 Å². The molecule has 1 saturated carbocycles. The van der Waals surface area contributed by atoms with E-state index < -0.39 is 0 Å². The van der Waals surface area contributed by atoms with Gasteiger partial charge in [0.05, 0.1) is 0 Å². The second kappa shape index (κ2) is 6.10. The van der Waals surface area contributed by atoms with Crippen LogP contribution in [0.2, 0.25) is 0 Å². The summed E-state index contributed by atoms with van der Waals surface area (Å²) in [5.74, 6) is 0. The maximum atomic E-state index is 12.2. The largest absolute Gasteiger partial charge is 0.299 e. The summed E-state index contributed by atoms with van der Waals surface area (Å²) in [6.45, 7) is 2.29. The fourth-order valence-electron chi connectivity index (χ4n) is 3.24. The van der Waals surface area contributed by atoms with E-state index in [9.17, 15) is 4.79 Å². The highest BCUT2D eigenvalue weighted by Crippen LogP contribution is 2.31. The van der Waals surface area contributed by atoms with Gasteiger partial charge < -0.3 is 0 Å². The van der Waals surface area contributed by atoms with Gasteiger partial charge in [-0.1, -0.05) is 54.9 Å². The predicted octanol–water partition coefficient (Wildman–Crippen LogP) is 3.58. The van der Waals surface area contributed by atoms with Gasteiger partial charge in [-0.25, -0.2) is 0 Å². The molecular weight excluding hydrogens is 254 g/mol. The van der Waals surface area contributed by atoms with Crippen LogP contribution in [0.15, 0.2) is 30.3 Å². The normalized spacial score (nSPS) is 24.9. The highest BCUT2D eigenvalue weighted by molar-refractivity contribution is 8.14. The van der Waals surface area contributed by atoms with Crippen LogP contribution in [0.4, 0.5) is 0 Å². The molecule has 2 aliphatic rings. The topological polar surface area (TPSA) is 20.3 Å². The smallest absolute Gasteiger partial charge is 0.219 e. The third-order valence-electron chi connectivity index (χ3n) is 4.30. The summed E-state index contributed by atoms with van der Waals surface area (Å²) in [6, 6.07) is 10.5. The maximum absolute atomic E-state index is 12.2. The lowest BCUT2D eigenvalue weighted by atomic mass is 10.2. The average Bonchev–Trinajstić information content (AvgIpc) is 3.10. The first kappa shape index (κ1) is 13.2. The lowest BCUT2D eigenvalue weighted by molar-refractivity contribution is 0.108. The highest BCUT2D eigenvalue weighted by atomic mass is 32.2. The predicted molar refractivity (Wildman–Crippen MR) is 80.6 cm³/mol. The van der Waals surface area contributed by atoms with Crippen molar-refractivity contribution in [2.45, 2.75) is 43.4 Å². The molecule has 1 unspecified atom stereocenters. The molecule has 1 aliphatic heterocycles. The third-order valence-corrected chi connectivity index (χ3v) is 5.47. The maximum Gasteiger partial charge on any atom is 0.219 e. The molecule has 1 aromatic rings. The molecule has 0 spiro atoms. The van der Waals surface area contributed by atoms with Gasteiger partial charge in [-0.3, -0.25) is 9.69 Å². The van der Waals surface area contributed by atoms with Gasteiger partial charge in [0.1, 0.15) is 0 Å². The van der Waals surface area contributed by atoms with Gasteiger partial charge in [0, 0.05) is 23.4 Å². The second-order valence-electron chi connectivity index (χ2n) is 5.62. The van der Waals surface area contributed by atoms with E-state index in [1.54, 1.807) is 11.8 Å². The number of likely N-dealkylation sites (tertiary alicyclic amines) is 1. The fraction of sp³-hybridized carbons (Fsp3) is 0.562. The number of hydrogen-bond acceptors (Lipinski definition) is 3. The second-order valence-corrected chi connectivity index (χ2v) is 6.89. The summed E-state index contributed by atoms with van der Waals surface area (Å²) in [4.78, 5) is 14.8. The summed E-state index contributed by atoms with van der Waals surface area (Å²) in [6.07, 6.45) is 6.68. The number of hydrogen-bond donors (Lipinski definition) is 0. The van der Waals surface area contributed by atoms with Crippen molar-refractivity contribution < 1.29 is 4.79 Å². The number of benzene rings is 1. The van der Waals surface area contributed by atoms with E-state index in [0.717, 1.165) is 18.2 Å².